The highest BCUT2D eigenvalue weighted by molar-refractivity contribution is 5.56. The first-order valence-corrected chi connectivity index (χ1v) is 4.52. The minimum atomic E-state index is 0.821. The first-order valence-electron chi connectivity index (χ1n) is 4.52. The number of aromatic nitrogens is 1. The van der Waals surface area contributed by atoms with E-state index in [1.807, 2.05) is 25.4 Å². The molecule has 1 N–H and O–H groups in total. The quantitative estimate of drug-likeness (QED) is 0.801. The van der Waals surface area contributed by atoms with E-state index in [-0.39, 0.29) is 0 Å². The second-order valence-corrected chi connectivity index (χ2v) is 3.09. The molecule has 0 fully saturated rings. The fourth-order valence-corrected chi connectivity index (χ4v) is 1.37. The third-order valence-corrected chi connectivity index (χ3v) is 1.98. The van der Waals surface area contributed by atoms with Gasteiger partial charge in [-0.2, -0.15) is 0 Å². The summed E-state index contributed by atoms with van der Waals surface area (Å²) in [5.74, 6) is 0.857. The van der Waals surface area contributed by atoms with Crippen LogP contribution in [0, 0.1) is 0 Å². The highest BCUT2D eigenvalue weighted by Gasteiger charge is 2.01. The highest BCUT2D eigenvalue weighted by atomic mass is 16.3. The topological polar surface area (TPSA) is 38.1 Å². The fourth-order valence-electron chi connectivity index (χ4n) is 1.37. The zero-order chi connectivity index (χ0) is 9.80. The van der Waals surface area contributed by atoms with Gasteiger partial charge >= 0.3 is 0 Å². The second-order valence-electron chi connectivity index (χ2n) is 3.09. The Hall–Kier alpha value is -1.61. The average molecular weight is 188 g/mol. The molecule has 0 spiro atoms. The van der Waals surface area contributed by atoms with Crippen LogP contribution in [-0.4, -0.2) is 12.0 Å². The molecule has 0 aliphatic carbocycles. The summed E-state index contributed by atoms with van der Waals surface area (Å²) in [6.07, 6.45) is 5.32. The Bertz CT molecular complexity index is 395. The predicted octanol–water partition coefficient (Wildman–Crippen LogP) is 2.06. The monoisotopic (exact) mass is 188 g/mol. The Kier molecular flexibility index (Phi) is 2.60. The van der Waals surface area contributed by atoms with Crippen molar-refractivity contribution in [3.63, 3.8) is 0 Å². The first-order chi connectivity index (χ1) is 6.90. The molecule has 3 heteroatoms. The van der Waals surface area contributed by atoms with Crippen LogP contribution in [0.5, 0.6) is 0 Å². The summed E-state index contributed by atoms with van der Waals surface area (Å²) in [5.41, 5.74) is 2.17. The smallest absolute Gasteiger partial charge is 0.135 e. The molecule has 3 nitrogen and oxygen atoms in total. The Labute approximate surface area is 82.8 Å². The van der Waals surface area contributed by atoms with E-state index in [1.54, 1.807) is 12.5 Å². The summed E-state index contributed by atoms with van der Waals surface area (Å²) in [6, 6.07) is 5.88. The molecule has 2 rings (SSSR count). The summed E-state index contributed by atoms with van der Waals surface area (Å²) in [6.45, 7) is 0.821. The van der Waals surface area contributed by atoms with Gasteiger partial charge in [0.2, 0.25) is 0 Å². The van der Waals surface area contributed by atoms with Crippen LogP contribution in [0.25, 0.3) is 11.3 Å². The van der Waals surface area contributed by atoms with Crippen LogP contribution < -0.4 is 5.32 Å². The van der Waals surface area contributed by atoms with E-state index in [1.165, 1.54) is 0 Å². The standard InChI is InChI=1S/C11H12N2O/c1-12-6-9-5-10(8-13-7-9)11-3-2-4-14-11/h2-5,7-8,12H,6H2,1H3. The maximum absolute atomic E-state index is 5.29. The summed E-state index contributed by atoms with van der Waals surface area (Å²) in [7, 11) is 1.92. The summed E-state index contributed by atoms with van der Waals surface area (Å²) < 4.78 is 5.29. The Morgan fingerprint density at radius 3 is 3.07 bits per heavy atom. The maximum Gasteiger partial charge on any atom is 0.135 e. The van der Waals surface area contributed by atoms with Gasteiger partial charge in [0.1, 0.15) is 5.76 Å². The van der Waals surface area contributed by atoms with Gasteiger partial charge in [0.15, 0.2) is 0 Å². The van der Waals surface area contributed by atoms with Crippen LogP contribution in [0.4, 0.5) is 0 Å². The molecule has 0 atom stereocenters. The van der Waals surface area contributed by atoms with Gasteiger partial charge in [-0.05, 0) is 30.8 Å². The molecule has 0 saturated carbocycles. The lowest BCUT2D eigenvalue weighted by atomic mass is 10.1. The van der Waals surface area contributed by atoms with Crippen molar-refractivity contribution < 1.29 is 4.42 Å². The lowest BCUT2D eigenvalue weighted by molar-refractivity contribution is 0.582. The maximum atomic E-state index is 5.29. The number of pyridine rings is 1. The number of rotatable bonds is 3. The normalized spacial score (nSPS) is 10.4. The molecule has 0 radical (unpaired) electrons. The minimum absolute atomic E-state index is 0.821. The summed E-state index contributed by atoms with van der Waals surface area (Å²) in [4.78, 5) is 4.16. The van der Waals surface area contributed by atoms with Gasteiger partial charge < -0.3 is 9.73 Å². The Morgan fingerprint density at radius 2 is 2.36 bits per heavy atom. The van der Waals surface area contributed by atoms with E-state index in [0.29, 0.717) is 0 Å². The molecule has 0 amide bonds. The van der Waals surface area contributed by atoms with E-state index < -0.39 is 0 Å². The van der Waals surface area contributed by atoms with Crippen LogP contribution in [0.3, 0.4) is 0 Å². The van der Waals surface area contributed by atoms with Gasteiger partial charge in [-0.3, -0.25) is 4.98 Å². The molecule has 2 aromatic heterocycles. The van der Waals surface area contributed by atoms with Crippen molar-refractivity contribution in [3.8, 4) is 11.3 Å². The largest absolute Gasteiger partial charge is 0.464 e. The van der Waals surface area contributed by atoms with Crippen molar-refractivity contribution >= 4 is 0 Å². The first kappa shape index (κ1) is 8.97. The van der Waals surface area contributed by atoms with Crippen LogP contribution in [-0.2, 0) is 6.54 Å². The zero-order valence-corrected chi connectivity index (χ0v) is 8.03. The highest BCUT2D eigenvalue weighted by Crippen LogP contribution is 2.19. The number of nitrogens with zero attached hydrogens (tertiary/aromatic N) is 1. The average Bonchev–Trinajstić information content (AvgIpc) is 2.71. The molecule has 72 valence electrons. The molecular weight excluding hydrogens is 176 g/mol. The van der Waals surface area contributed by atoms with Gasteiger partial charge in [-0.1, -0.05) is 0 Å². The molecule has 2 aromatic rings. The van der Waals surface area contributed by atoms with Crippen molar-refractivity contribution in [2.75, 3.05) is 7.05 Å². The molecular formula is C11H12N2O. The van der Waals surface area contributed by atoms with Gasteiger partial charge in [0.25, 0.3) is 0 Å². The molecule has 0 aliphatic rings. The van der Waals surface area contributed by atoms with Crippen molar-refractivity contribution in [3.05, 3.63) is 42.4 Å². The third kappa shape index (κ3) is 1.83. The molecule has 0 saturated heterocycles. The van der Waals surface area contributed by atoms with Crippen molar-refractivity contribution in [1.82, 2.24) is 10.3 Å². The molecule has 0 aromatic carbocycles. The minimum Gasteiger partial charge on any atom is -0.464 e. The van der Waals surface area contributed by atoms with Gasteiger partial charge in [-0.15, -0.1) is 0 Å². The lowest BCUT2D eigenvalue weighted by Gasteiger charge is -2.01. The SMILES string of the molecule is CNCc1cncc(-c2ccco2)c1. The van der Waals surface area contributed by atoms with Crippen molar-refractivity contribution in [2.45, 2.75) is 6.54 Å². The van der Waals surface area contributed by atoms with Crippen LogP contribution in [0.2, 0.25) is 0 Å². The van der Waals surface area contributed by atoms with Crippen LogP contribution >= 0.6 is 0 Å². The van der Waals surface area contributed by atoms with E-state index >= 15 is 0 Å². The molecule has 2 heterocycles. The van der Waals surface area contributed by atoms with E-state index in [2.05, 4.69) is 16.4 Å². The van der Waals surface area contributed by atoms with Crippen LogP contribution in [0.1, 0.15) is 5.56 Å². The van der Waals surface area contributed by atoms with Crippen molar-refractivity contribution in [2.24, 2.45) is 0 Å². The molecule has 0 aliphatic heterocycles. The molecule has 14 heavy (non-hydrogen) atoms. The predicted molar refractivity (Wildman–Crippen MR) is 54.7 cm³/mol. The van der Waals surface area contributed by atoms with Gasteiger partial charge in [0, 0.05) is 24.5 Å². The van der Waals surface area contributed by atoms with Crippen molar-refractivity contribution in [1.29, 1.82) is 0 Å². The summed E-state index contributed by atoms with van der Waals surface area (Å²) >= 11 is 0. The summed E-state index contributed by atoms with van der Waals surface area (Å²) in [5, 5.41) is 3.09. The number of hydrogen-bond acceptors (Lipinski definition) is 3. The third-order valence-electron chi connectivity index (χ3n) is 1.98. The number of nitrogens with one attached hydrogen (secondary N) is 1. The van der Waals surface area contributed by atoms with Gasteiger partial charge in [0.05, 0.1) is 6.26 Å². The van der Waals surface area contributed by atoms with Crippen LogP contribution in [0.15, 0.2) is 41.3 Å². The molecule has 0 bridgehead atoms. The van der Waals surface area contributed by atoms with E-state index in [4.69, 9.17) is 4.42 Å². The number of furan rings is 1. The fraction of sp³-hybridized carbons (Fsp3) is 0.182. The second kappa shape index (κ2) is 4.07. The number of hydrogen-bond donors (Lipinski definition) is 1. The molecule has 0 unspecified atom stereocenters. The zero-order valence-electron chi connectivity index (χ0n) is 8.03. The van der Waals surface area contributed by atoms with E-state index in [9.17, 15) is 0 Å². The lowest BCUT2D eigenvalue weighted by Crippen LogP contribution is -2.05. The van der Waals surface area contributed by atoms with Gasteiger partial charge in [-0.25, -0.2) is 0 Å². The Balaban J connectivity index is 2.31. The Morgan fingerprint density at radius 1 is 1.43 bits per heavy atom. The van der Waals surface area contributed by atoms with E-state index in [0.717, 1.165) is 23.4 Å².